The van der Waals surface area contributed by atoms with Gasteiger partial charge in [-0.2, -0.15) is 0 Å². The molecule has 0 atom stereocenters. The second kappa shape index (κ2) is 10.2. The molecule has 0 saturated heterocycles. The van der Waals surface area contributed by atoms with Gasteiger partial charge in [0.1, 0.15) is 5.82 Å². The van der Waals surface area contributed by atoms with E-state index in [2.05, 4.69) is 4.98 Å². The summed E-state index contributed by atoms with van der Waals surface area (Å²) in [6.07, 6.45) is 1.72. The van der Waals surface area contributed by atoms with Crippen molar-refractivity contribution in [3.8, 4) is 0 Å². The normalized spacial score (nSPS) is 11.1. The van der Waals surface area contributed by atoms with E-state index >= 15 is 0 Å². The Kier molecular flexibility index (Phi) is 8.01. The average molecular weight is 409 g/mol. The number of carbonyl (C=O) groups excluding carboxylic acids is 1. The number of rotatable bonds is 10. The number of H-pyrrole nitrogens is 1. The Balaban J connectivity index is 2.29. The molecule has 0 aliphatic rings. The highest BCUT2D eigenvalue weighted by Gasteiger charge is 2.24. The van der Waals surface area contributed by atoms with Gasteiger partial charge in [0.05, 0.1) is 6.61 Å². The molecule has 0 aliphatic heterocycles. The number of nitrogens with one attached hydrogen (secondary N) is 1. The highest BCUT2D eigenvalue weighted by Crippen LogP contribution is 2.20. The molecular formula is C19H28N4O4S. The molecule has 28 heavy (non-hydrogen) atoms. The zero-order chi connectivity index (χ0) is 20.7. The summed E-state index contributed by atoms with van der Waals surface area (Å²) in [6, 6.07) is 4.01. The van der Waals surface area contributed by atoms with Crippen molar-refractivity contribution in [2.75, 3.05) is 30.9 Å². The van der Waals surface area contributed by atoms with Crippen molar-refractivity contribution in [2.45, 2.75) is 39.7 Å². The van der Waals surface area contributed by atoms with Gasteiger partial charge in [0, 0.05) is 31.5 Å². The molecule has 9 heteroatoms. The van der Waals surface area contributed by atoms with Crippen LogP contribution in [0.25, 0.3) is 0 Å². The van der Waals surface area contributed by atoms with Gasteiger partial charge in [-0.05, 0) is 30.2 Å². The molecule has 154 valence electrons. The Hall–Kier alpha value is -2.39. The monoisotopic (exact) mass is 408 g/mol. The zero-order valence-corrected chi connectivity index (χ0v) is 17.4. The summed E-state index contributed by atoms with van der Waals surface area (Å²) in [7, 11) is 1.52. The van der Waals surface area contributed by atoms with Crippen molar-refractivity contribution in [3.05, 3.63) is 43.2 Å². The lowest BCUT2D eigenvalue weighted by Crippen LogP contribution is -2.42. The Labute approximate surface area is 167 Å². The Morgan fingerprint density at radius 1 is 1.39 bits per heavy atom. The van der Waals surface area contributed by atoms with Gasteiger partial charge in [0.15, 0.2) is 5.69 Å². The molecule has 0 spiro atoms. The van der Waals surface area contributed by atoms with Crippen LogP contribution in [0.5, 0.6) is 0 Å². The number of anilines is 2. The Morgan fingerprint density at radius 3 is 2.75 bits per heavy atom. The van der Waals surface area contributed by atoms with Crippen molar-refractivity contribution in [3.63, 3.8) is 0 Å². The van der Waals surface area contributed by atoms with E-state index in [1.807, 2.05) is 31.4 Å². The lowest BCUT2D eigenvalue weighted by molar-refractivity contribution is -0.118. The third-order valence-corrected chi connectivity index (χ3v) is 5.18. The van der Waals surface area contributed by atoms with Crippen LogP contribution in [0, 0.1) is 5.92 Å². The molecule has 2 aromatic rings. The highest BCUT2D eigenvalue weighted by molar-refractivity contribution is 7.09. The third kappa shape index (κ3) is 5.56. The summed E-state index contributed by atoms with van der Waals surface area (Å²) in [6.45, 7) is 4.66. The van der Waals surface area contributed by atoms with E-state index < -0.39 is 11.2 Å². The Morgan fingerprint density at radius 2 is 2.14 bits per heavy atom. The first kappa shape index (κ1) is 21.9. The second-order valence-electron chi connectivity index (χ2n) is 6.97. The molecule has 2 heterocycles. The van der Waals surface area contributed by atoms with Gasteiger partial charge in [0.2, 0.25) is 5.91 Å². The van der Waals surface area contributed by atoms with Gasteiger partial charge in [-0.1, -0.05) is 19.9 Å². The van der Waals surface area contributed by atoms with Crippen molar-refractivity contribution < 1.29 is 9.53 Å². The largest absolute Gasteiger partial charge is 0.383 e. The van der Waals surface area contributed by atoms with Crippen LogP contribution in [0.1, 0.15) is 31.6 Å². The third-order valence-electron chi connectivity index (χ3n) is 4.25. The van der Waals surface area contributed by atoms with Gasteiger partial charge in [0.25, 0.3) is 5.56 Å². The van der Waals surface area contributed by atoms with E-state index in [9.17, 15) is 14.4 Å². The molecule has 3 N–H and O–H groups in total. The van der Waals surface area contributed by atoms with Crippen LogP contribution in [0.4, 0.5) is 11.5 Å². The fourth-order valence-electron chi connectivity index (χ4n) is 2.93. The average Bonchev–Trinajstić information content (AvgIpc) is 3.14. The van der Waals surface area contributed by atoms with Crippen LogP contribution in [0.15, 0.2) is 27.1 Å². The maximum Gasteiger partial charge on any atom is 0.330 e. The number of thiophene rings is 1. The molecule has 0 aliphatic carbocycles. The number of aromatic amines is 1. The first-order valence-corrected chi connectivity index (χ1v) is 10.2. The molecule has 0 bridgehead atoms. The highest BCUT2D eigenvalue weighted by atomic mass is 32.1. The molecule has 2 aromatic heterocycles. The first-order chi connectivity index (χ1) is 13.3. The molecule has 0 fully saturated rings. The first-order valence-electron chi connectivity index (χ1n) is 9.29. The Bertz CT molecular complexity index is 886. The summed E-state index contributed by atoms with van der Waals surface area (Å²) >= 11 is 1.65. The van der Waals surface area contributed by atoms with Gasteiger partial charge in [-0.25, -0.2) is 4.79 Å². The van der Waals surface area contributed by atoms with Crippen molar-refractivity contribution in [1.82, 2.24) is 9.55 Å². The topological polar surface area (TPSA) is 110 Å². The standard InChI is InChI=1S/C19H28N4O4S/c1-13(2)12-23-17(20)16(18(25)21-19(23)26)22(9-10-27-3)15(24)8-4-6-14-7-5-11-28-14/h5,7,11,13H,4,6,8-10,12,20H2,1-3H3,(H,21,25,26). The number of hydrogen-bond acceptors (Lipinski definition) is 6. The summed E-state index contributed by atoms with van der Waals surface area (Å²) in [5, 5.41) is 2.00. The predicted octanol–water partition coefficient (Wildman–Crippen LogP) is 1.84. The maximum absolute atomic E-state index is 12.9. The SMILES string of the molecule is COCCN(C(=O)CCCc1cccs1)c1c(N)n(CC(C)C)c(=O)[nH]c1=O. The molecule has 2 rings (SSSR count). The van der Waals surface area contributed by atoms with E-state index in [-0.39, 0.29) is 42.9 Å². The van der Waals surface area contributed by atoms with Gasteiger partial charge in [-0.3, -0.25) is 19.1 Å². The summed E-state index contributed by atoms with van der Waals surface area (Å²) in [5.74, 6) is -0.0709. The van der Waals surface area contributed by atoms with Gasteiger partial charge >= 0.3 is 5.69 Å². The van der Waals surface area contributed by atoms with Crippen molar-refractivity contribution in [1.29, 1.82) is 0 Å². The van der Waals surface area contributed by atoms with Crippen LogP contribution in [-0.4, -0.2) is 35.7 Å². The van der Waals surface area contributed by atoms with Crippen LogP contribution < -0.4 is 21.9 Å². The number of hydrogen-bond donors (Lipinski definition) is 2. The number of nitrogens with two attached hydrogens (primary N) is 1. The lowest BCUT2D eigenvalue weighted by Gasteiger charge is -2.24. The number of aromatic nitrogens is 2. The number of methoxy groups -OCH3 is 1. The van der Waals surface area contributed by atoms with Crippen LogP contribution >= 0.6 is 11.3 Å². The summed E-state index contributed by atoms with van der Waals surface area (Å²) in [5.41, 5.74) is 4.94. The molecule has 1 amide bonds. The second-order valence-corrected chi connectivity index (χ2v) is 8.00. The smallest absolute Gasteiger partial charge is 0.330 e. The zero-order valence-electron chi connectivity index (χ0n) is 16.6. The summed E-state index contributed by atoms with van der Waals surface area (Å²) < 4.78 is 6.40. The minimum atomic E-state index is -0.662. The quantitative estimate of drug-likeness (QED) is 0.623. The van der Waals surface area contributed by atoms with Crippen LogP contribution in [-0.2, 0) is 22.5 Å². The minimum Gasteiger partial charge on any atom is -0.383 e. The molecule has 0 radical (unpaired) electrons. The number of amides is 1. The van der Waals surface area contributed by atoms with E-state index in [4.69, 9.17) is 10.5 Å². The molecule has 8 nitrogen and oxygen atoms in total. The number of ether oxygens (including phenoxy) is 1. The fraction of sp³-hybridized carbons (Fsp3) is 0.526. The van der Waals surface area contributed by atoms with E-state index in [0.29, 0.717) is 13.0 Å². The fourth-order valence-corrected chi connectivity index (χ4v) is 3.68. The number of nitrogens with zero attached hydrogens (tertiary/aromatic N) is 2. The van der Waals surface area contributed by atoms with Gasteiger partial charge in [-0.15, -0.1) is 11.3 Å². The van der Waals surface area contributed by atoms with E-state index in [1.54, 1.807) is 11.3 Å². The molecular weight excluding hydrogens is 380 g/mol. The number of aryl methyl sites for hydroxylation is 1. The van der Waals surface area contributed by atoms with Gasteiger partial charge < -0.3 is 15.4 Å². The van der Waals surface area contributed by atoms with E-state index in [0.717, 1.165) is 6.42 Å². The number of nitrogen functional groups attached to an aromatic ring is 1. The van der Waals surface area contributed by atoms with E-state index in [1.165, 1.54) is 21.5 Å². The number of carbonyl (C=O) groups is 1. The molecule has 0 unspecified atom stereocenters. The van der Waals surface area contributed by atoms with Crippen molar-refractivity contribution >= 4 is 28.7 Å². The van der Waals surface area contributed by atoms with Crippen LogP contribution in [0.2, 0.25) is 0 Å². The minimum absolute atomic E-state index is 0.00478. The molecule has 0 saturated carbocycles. The van der Waals surface area contributed by atoms with Crippen LogP contribution in [0.3, 0.4) is 0 Å². The summed E-state index contributed by atoms with van der Waals surface area (Å²) in [4.78, 5) is 42.4. The predicted molar refractivity (Wildman–Crippen MR) is 112 cm³/mol. The van der Waals surface area contributed by atoms with Crippen molar-refractivity contribution in [2.24, 2.45) is 5.92 Å². The molecule has 0 aromatic carbocycles. The maximum atomic E-state index is 12.9. The lowest BCUT2D eigenvalue weighted by atomic mass is 10.2.